The molecule has 0 aliphatic carbocycles. The summed E-state index contributed by atoms with van der Waals surface area (Å²) in [5.74, 6) is 0. The van der Waals surface area contributed by atoms with E-state index in [-0.39, 0.29) is 5.56 Å². The molecular weight excluding hydrogens is 346 g/mol. The van der Waals surface area contributed by atoms with E-state index in [0.29, 0.717) is 15.5 Å². The summed E-state index contributed by atoms with van der Waals surface area (Å²) in [6.45, 7) is 0.405. The summed E-state index contributed by atoms with van der Waals surface area (Å²) in [6.07, 6.45) is 3.29. The monoisotopic (exact) mass is 349 g/mol. The van der Waals surface area contributed by atoms with E-state index in [2.05, 4.69) is 41.9 Å². The van der Waals surface area contributed by atoms with Crippen molar-refractivity contribution < 1.29 is 0 Å². The zero-order chi connectivity index (χ0) is 10.8. The van der Waals surface area contributed by atoms with Gasteiger partial charge >= 0.3 is 0 Å². The Balaban J connectivity index is 2.38. The van der Waals surface area contributed by atoms with Crippen LogP contribution in [0.15, 0.2) is 31.5 Å². The molecule has 0 atom stereocenters. The van der Waals surface area contributed by atoms with Crippen LogP contribution >= 0.6 is 43.2 Å². The van der Waals surface area contributed by atoms with Crippen molar-refractivity contribution in [1.29, 1.82) is 0 Å². The van der Waals surface area contributed by atoms with Crippen molar-refractivity contribution in [3.8, 4) is 0 Å². The van der Waals surface area contributed by atoms with Crippen molar-refractivity contribution in [2.24, 2.45) is 0 Å². The highest BCUT2D eigenvalue weighted by Gasteiger charge is 2.07. The van der Waals surface area contributed by atoms with Crippen LogP contribution in [-0.2, 0) is 6.54 Å². The number of thiazole rings is 1. The Morgan fingerprint density at radius 3 is 2.93 bits per heavy atom. The molecule has 0 spiro atoms. The first-order valence-corrected chi connectivity index (χ1v) is 6.44. The molecule has 0 unspecified atom stereocenters. The molecule has 2 aromatic rings. The maximum Gasteiger partial charge on any atom is 0.282 e. The molecule has 2 aromatic heterocycles. The van der Waals surface area contributed by atoms with E-state index in [4.69, 9.17) is 0 Å². The average Bonchev–Trinajstić information content (AvgIpc) is 2.72. The molecule has 0 radical (unpaired) electrons. The van der Waals surface area contributed by atoms with Crippen molar-refractivity contribution >= 4 is 43.2 Å². The fourth-order valence-electron chi connectivity index (χ4n) is 1.02. The quantitative estimate of drug-likeness (QED) is 0.834. The van der Waals surface area contributed by atoms with E-state index in [9.17, 15) is 4.79 Å². The number of hydrogen-bond donors (Lipinski definition) is 0. The van der Waals surface area contributed by atoms with Crippen LogP contribution in [0.5, 0.6) is 0 Å². The van der Waals surface area contributed by atoms with Crippen LogP contribution in [0, 0.1) is 0 Å². The Hall–Kier alpha value is -0.530. The van der Waals surface area contributed by atoms with Crippen LogP contribution < -0.4 is 5.56 Å². The minimum atomic E-state index is -0.167. The molecule has 15 heavy (non-hydrogen) atoms. The van der Waals surface area contributed by atoms with Gasteiger partial charge in [0.25, 0.3) is 5.56 Å². The largest absolute Gasteiger partial charge is 0.282 e. The van der Waals surface area contributed by atoms with Crippen LogP contribution in [0.3, 0.4) is 0 Å². The molecule has 0 saturated heterocycles. The lowest BCUT2D eigenvalue weighted by atomic mass is 10.5. The van der Waals surface area contributed by atoms with Crippen LogP contribution in [0.2, 0.25) is 0 Å². The lowest BCUT2D eigenvalue weighted by Crippen LogP contribution is -2.23. The Morgan fingerprint density at radius 2 is 2.27 bits per heavy atom. The van der Waals surface area contributed by atoms with Crippen LogP contribution in [0.4, 0.5) is 0 Å². The van der Waals surface area contributed by atoms with E-state index < -0.39 is 0 Å². The highest BCUT2D eigenvalue weighted by Crippen LogP contribution is 2.16. The van der Waals surface area contributed by atoms with Gasteiger partial charge in [-0.05, 0) is 31.9 Å². The van der Waals surface area contributed by atoms with E-state index >= 15 is 0 Å². The first kappa shape index (κ1) is 11.0. The molecule has 4 nitrogen and oxygen atoms in total. The van der Waals surface area contributed by atoms with Gasteiger partial charge in [-0.25, -0.2) is 9.67 Å². The molecule has 2 heterocycles. The Bertz CT molecular complexity index is 523. The number of hydrogen-bond acceptors (Lipinski definition) is 4. The summed E-state index contributed by atoms with van der Waals surface area (Å²) in [4.78, 5) is 15.8. The second kappa shape index (κ2) is 4.54. The van der Waals surface area contributed by atoms with Gasteiger partial charge in [-0.15, -0.1) is 11.3 Å². The van der Waals surface area contributed by atoms with Gasteiger partial charge in [0.15, 0.2) is 0 Å². The molecule has 78 valence electrons. The molecule has 0 aliphatic rings. The zero-order valence-corrected chi connectivity index (χ0v) is 11.3. The van der Waals surface area contributed by atoms with Gasteiger partial charge in [0.1, 0.15) is 9.48 Å². The van der Waals surface area contributed by atoms with Crippen molar-refractivity contribution in [2.45, 2.75) is 6.54 Å². The van der Waals surface area contributed by atoms with E-state index in [1.54, 1.807) is 12.4 Å². The number of rotatable bonds is 2. The fraction of sp³-hybridized carbons (Fsp3) is 0.125. The van der Waals surface area contributed by atoms with Gasteiger partial charge in [0.2, 0.25) is 0 Å². The van der Waals surface area contributed by atoms with Crippen molar-refractivity contribution in [3.63, 3.8) is 0 Å². The Kier molecular flexibility index (Phi) is 3.32. The van der Waals surface area contributed by atoms with Crippen LogP contribution in [0.25, 0.3) is 0 Å². The molecule has 7 heteroatoms. The van der Waals surface area contributed by atoms with Gasteiger partial charge in [-0.1, -0.05) is 0 Å². The first-order valence-electron chi connectivity index (χ1n) is 3.98. The normalized spacial score (nSPS) is 10.5. The predicted molar refractivity (Wildman–Crippen MR) is 65.1 cm³/mol. The van der Waals surface area contributed by atoms with E-state index in [1.807, 2.05) is 5.38 Å². The SMILES string of the molecule is O=c1c(Br)c(Br)cnn1Cc1nccs1. The Labute approximate surface area is 106 Å². The molecule has 0 amide bonds. The van der Waals surface area contributed by atoms with Gasteiger partial charge in [-0.3, -0.25) is 4.79 Å². The summed E-state index contributed by atoms with van der Waals surface area (Å²) in [5, 5.41) is 6.74. The van der Waals surface area contributed by atoms with Crippen LogP contribution in [-0.4, -0.2) is 14.8 Å². The molecule has 0 aromatic carbocycles. The molecule has 0 N–H and O–H groups in total. The second-order valence-electron chi connectivity index (χ2n) is 2.70. The lowest BCUT2D eigenvalue weighted by molar-refractivity contribution is 0.630. The minimum Gasteiger partial charge on any atom is -0.266 e. The van der Waals surface area contributed by atoms with E-state index in [1.165, 1.54) is 16.0 Å². The first-order chi connectivity index (χ1) is 7.18. The maximum absolute atomic E-state index is 11.7. The topological polar surface area (TPSA) is 47.8 Å². The molecule has 0 bridgehead atoms. The summed E-state index contributed by atoms with van der Waals surface area (Å²) in [7, 11) is 0. The van der Waals surface area contributed by atoms with Crippen molar-refractivity contribution in [1.82, 2.24) is 14.8 Å². The lowest BCUT2D eigenvalue weighted by Gasteiger charge is -2.02. The van der Waals surface area contributed by atoms with Crippen molar-refractivity contribution in [2.75, 3.05) is 0 Å². The third kappa shape index (κ3) is 2.35. The molecule has 2 rings (SSSR count). The van der Waals surface area contributed by atoms with Gasteiger partial charge in [0.05, 0.1) is 17.2 Å². The third-order valence-electron chi connectivity index (χ3n) is 1.71. The molecular formula is C8H5Br2N3OS. The predicted octanol–water partition coefficient (Wildman–Crippen LogP) is 2.27. The highest BCUT2D eigenvalue weighted by atomic mass is 79.9. The van der Waals surface area contributed by atoms with Gasteiger partial charge < -0.3 is 0 Å². The van der Waals surface area contributed by atoms with Crippen LogP contribution in [0.1, 0.15) is 5.01 Å². The molecule has 0 saturated carbocycles. The number of aromatic nitrogens is 3. The standard InChI is InChI=1S/C8H5Br2N3OS/c9-5-3-12-13(8(14)7(5)10)4-6-11-1-2-15-6/h1-3H,4H2. The zero-order valence-electron chi connectivity index (χ0n) is 7.35. The molecule has 0 fully saturated rings. The highest BCUT2D eigenvalue weighted by molar-refractivity contribution is 9.13. The minimum absolute atomic E-state index is 0.167. The van der Waals surface area contributed by atoms with Crippen molar-refractivity contribution in [3.05, 3.63) is 42.1 Å². The smallest absolute Gasteiger partial charge is 0.266 e. The van der Waals surface area contributed by atoms with Gasteiger partial charge in [-0.2, -0.15) is 5.10 Å². The second-order valence-corrected chi connectivity index (χ2v) is 5.32. The fourth-order valence-corrected chi connectivity index (χ4v) is 2.18. The summed E-state index contributed by atoms with van der Waals surface area (Å²) < 4.78 is 2.50. The number of halogens is 2. The average molecular weight is 351 g/mol. The number of nitrogens with zero attached hydrogens (tertiary/aromatic N) is 3. The maximum atomic E-state index is 11.7. The third-order valence-corrected chi connectivity index (χ3v) is 4.37. The van der Waals surface area contributed by atoms with E-state index in [0.717, 1.165) is 5.01 Å². The summed E-state index contributed by atoms with van der Waals surface area (Å²) >= 11 is 7.92. The summed E-state index contributed by atoms with van der Waals surface area (Å²) in [6, 6.07) is 0. The molecule has 0 aliphatic heterocycles. The Morgan fingerprint density at radius 1 is 1.47 bits per heavy atom. The van der Waals surface area contributed by atoms with Gasteiger partial charge in [0, 0.05) is 11.6 Å². The summed E-state index contributed by atoms with van der Waals surface area (Å²) in [5.41, 5.74) is -0.167.